The van der Waals surface area contributed by atoms with E-state index in [1.807, 2.05) is 0 Å². The van der Waals surface area contributed by atoms with Crippen LogP contribution in [0.4, 0.5) is 0 Å². The van der Waals surface area contributed by atoms with Gasteiger partial charge in [0, 0.05) is 18.5 Å². The molecule has 1 aromatic heterocycles. The first-order valence-electron chi connectivity index (χ1n) is 5.19. The number of aryl methyl sites for hydroxylation is 1. The van der Waals surface area contributed by atoms with Crippen molar-refractivity contribution in [3.05, 3.63) is 29.7 Å². The molecule has 0 fully saturated rings. The molecule has 0 saturated heterocycles. The van der Waals surface area contributed by atoms with Crippen LogP contribution in [0.2, 0.25) is 0 Å². The third kappa shape index (κ3) is 1.93. The van der Waals surface area contributed by atoms with Crippen molar-refractivity contribution in [2.24, 2.45) is 0 Å². The van der Waals surface area contributed by atoms with Crippen LogP contribution >= 0.6 is 0 Å². The fraction of sp³-hybridized carbons (Fsp3) is 0.455. The van der Waals surface area contributed by atoms with Gasteiger partial charge in [-0.25, -0.2) is 0 Å². The van der Waals surface area contributed by atoms with Crippen molar-refractivity contribution >= 4 is 5.91 Å². The van der Waals surface area contributed by atoms with Gasteiger partial charge in [0.25, 0.3) is 5.91 Å². The molecule has 0 radical (unpaired) electrons. The molecule has 15 heavy (non-hydrogen) atoms. The zero-order valence-electron chi connectivity index (χ0n) is 8.58. The number of nitrogens with one attached hydrogen (secondary N) is 1. The molecule has 0 bridgehead atoms. The topological polar surface area (TPSA) is 55.1 Å². The van der Waals surface area contributed by atoms with E-state index < -0.39 is 0 Å². The van der Waals surface area contributed by atoms with E-state index in [0.717, 1.165) is 37.0 Å². The fourth-order valence-corrected chi connectivity index (χ4v) is 1.81. The van der Waals surface area contributed by atoms with E-state index in [1.54, 1.807) is 6.08 Å². The highest BCUT2D eigenvalue weighted by Gasteiger charge is 2.23. The number of hydrogen-bond acceptors (Lipinski definition) is 3. The van der Waals surface area contributed by atoms with Gasteiger partial charge in [-0.3, -0.25) is 4.79 Å². The average Bonchev–Trinajstić information content (AvgIpc) is 2.69. The maximum Gasteiger partial charge on any atom is 0.274 e. The van der Waals surface area contributed by atoms with Crippen molar-refractivity contribution in [1.82, 2.24) is 10.5 Å². The number of hydrogen-bond donors (Lipinski definition) is 1. The summed E-state index contributed by atoms with van der Waals surface area (Å²) in [5.74, 6) is 0.715. The summed E-state index contributed by atoms with van der Waals surface area (Å²) in [7, 11) is 0. The van der Waals surface area contributed by atoms with Crippen LogP contribution in [0.1, 0.15) is 34.7 Å². The van der Waals surface area contributed by atoms with Crippen molar-refractivity contribution < 1.29 is 9.32 Å². The molecule has 1 heterocycles. The molecule has 80 valence electrons. The number of fused-ring (bicyclic) bond motifs is 1. The molecule has 2 rings (SSSR count). The van der Waals surface area contributed by atoms with Crippen molar-refractivity contribution in [2.45, 2.75) is 25.7 Å². The smallest absolute Gasteiger partial charge is 0.274 e. The van der Waals surface area contributed by atoms with Gasteiger partial charge in [0.15, 0.2) is 5.69 Å². The third-order valence-electron chi connectivity index (χ3n) is 2.57. The van der Waals surface area contributed by atoms with Crippen LogP contribution in [0.25, 0.3) is 0 Å². The van der Waals surface area contributed by atoms with Gasteiger partial charge in [-0.05, 0) is 19.3 Å². The minimum absolute atomic E-state index is 0.165. The highest BCUT2D eigenvalue weighted by Crippen LogP contribution is 2.23. The molecular weight excluding hydrogens is 192 g/mol. The van der Waals surface area contributed by atoms with Crippen LogP contribution < -0.4 is 5.32 Å². The molecule has 4 nitrogen and oxygen atoms in total. The van der Waals surface area contributed by atoms with E-state index in [2.05, 4.69) is 17.1 Å². The summed E-state index contributed by atoms with van der Waals surface area (Å²) in [4.78, 5) is 11.7. The van der Waals surface area contributed by atoms with E-state index in [-0.39, 0.29) is 5.91 Å². The Balaban J connectivity index is 2.17. The second kappa shape index (κ2) is 4.29. The Bertz CT molecular complexity index is 382. The fourth-order valence-electron chi connectivity index (χ4n) is 1.81. The summed E-state index contributed by atoms with van der Waals surface area (Å²) in [6, 6.07) is 0. The molecule has 0 saturated carbocycles. The van der Waals surface area contributed by atoms with Gasteiger partial charge in [-0.1, -0.05) is 11.2 Å². The standard InChI is InChI=1S/C11H14N2O2/c1-2-7-12-11(14)10-8-5-3-4-6-9(8)15-13-10/h2H,1,3-7H2,(H,12,14). The summed E-state index contributed by atoms with van der Waals surface area (Å²) in [6.07, 6.45) is 5.67. The minimum Gasteiger partial charge on any atom is -0.360 e. The van der Waals surface area contributed by atoms with E-state index in [0.29, 0.717) is 12.2 Å². The van der Waals surface area contributed by atoms with Gasteiger partial charge in [0.2, 0.25) is 0 Å². The second-order valence-corrected chi connectivity index (χ2v) is 3.64. The molecular formula is C11H14N2O2. The predicted octanol–water partition coefficient (Wildman–Crippen LogP) is 1.47. The van der Waals surface area contributed by atoms with E-state index >= 15 is 0 Å². The normalized spacial score (nSPS) is 14.4. The summed E-state index contributed by atoms with van der Waals surface area (Å²) in [5, 5.41) is 6.53. The Kier molecular flexibility index (Phi) is 2.85. The lowest BCUT2D eigenvalue weighted by molar-refractivity contribution is 0.0948. The van der Waals surface area contributed by atoms with E-state index in [4.69, 9.17) is 4.52 Å². The number of carbonyl (C=O) groups excluding carboxylic acids is 1. The highest BCUT2D eigenvalue weighted by atomic mass is 16.5. The maximum atomic E-state index is 11.7. The van der Waals surface area contributed by atoms with Crippen LogP contribution in [0.15, 0.2) is 17.2 Å². The van der Waals surface area contributed by atoms with Gasteiger partial charge in [0.1, 0.15) is 5.76 Å². The first-order chi connectivity index (χ1) is 7.33. The summed E-state index contributed by atoms with van der Waals surface area (Å²) in [6.45, 7) is 4.00. The Labute approximate surface area is 88.3 Å². The first-order valence-corrected chi connectivity index (χ1v) is 5.19. The molecule has 0 aliphatic heterocycles. The van der Waals surface area contributed by atoms with Crippen molar-refractivity contribution in [2.75, 3.05) is 6.54 Å². The first kappa shape index (κ1) is 9.96. The lowest BCUT2D eigenvalue weighted by Gasteiger charge is -2.08. The molecule has 1 N–H and O–H groups in total. The average molecular weight is 206 g/mol. The Hall–Kier alpha value is -1.58. The monoisotopic (exact) mass is 206 g/mol. The number of aromatic nitrogens is 1. The van der Waals surface area contributed by atoms with Crippen molar-refractivity contribution in [1.29, 1.82) is 0 Å². The highest BCUT2D eigenvalue weighted by molar-refractivity contribution is 5.93. The number of nitrogens with zero attached hydrogens (tertiary/aromatic N) is 1. The summed E-state index contributed by atoms with van der Waals surface area (Å²) < 4.78 is 5.15. The maximum absolute atomic E-state index is 11.7. The lowest BCUT2D eigenvalue weighted by Crippen LogP contribution is -2.25. The van der Waals surface area contributed by atoms with Crippen LogP contribution in [-0.2, 0) is 12.8 Å². The minimum atomic E-state index is -0.165. The van der Waals surface area contributed by atoms with Gasteiger partial charge in [0.05, 0.1) is 0 Å². The molecule has 1 aliphatic rings. The molecule has 0 spiro atoms. The Morgan fingerprint density at radius 3 is 3.13 bits per heavy atom. The number of amides is 1. The molecule has 0 unspecified atom stereocenters. The number of rotatable bonds is 3. The zero-order chi connectivity index (χ0) is 10.7. The largest absolute Gasteiger partial charge is 0.360 e. The van der Waals surface area contributed by atoms with Crippen LogP contribution in [0.3, 0.4) is 0 Å². The Morgan fingerprint density at radius 2 is 2.33 bits per heavy atom. The predicted molar refractivity (Wildman–Crippen MR) is 55.7 cm³/mol. The second-order valence-electron chi connectivity index (χ2n) is 3.64. The van der Waals surface area contributed by atoms with Crippen LogP contribution in [0, 0.1) is 0 Å². The summed E-state index contributed by atoms with van der Waals surface area (Å²) >= 11 is 0. The van der Waals surface area contributed by atoms with Gasteiger partial charge in [-0.15, -0.1) is 6.58 Å². The molecule has 1 aliphatic carbocycles. The quantitative estimate of drug-likeness (QED) is 0.762. The van der Waals surface area contributed by atoms with Gasteiger partial charge >= 0.3 is 0 Å². The van der Waals surface area contributed by atoms with Crippen molar-refractivity contribution in [3.8, 4) is 0 Å². The van der Waals surface area contributed by atoms with E-state index in [9.17, 15) is 4.79 Å². The molecule has 0 atom stereocenters. The molecule has 1 aromatic rings. The third-order valence-corrected chi connectivity index (χ3v) is 2.57. The van der Waals surface area contributed by atoms with Crippen LogP contribution in [0.5, 0.6) is 0 Å². The molecule has 0 aromatic carbocycles. The Morgan fingerprint density at radius 1 is 1.53 bits per heavy atom. The zero-order valence-corrected chi connectivity index (χ0v) is 8.58. The van der Waals surface area contributed by atoms with Gasteiger partial charge in [-0.2, -0.15) is 0 Å². The molecule has 1 amide bonds. The van der Waals surface area contributed by atoms with Gasteiger partial charge < -0.3 is 9.84 Å². The number of carbonyl (C=O) groups is 1. The SMILES string of the molecule is C=CCNC(=O)c1noc2c1CCCC2. The van der Waals surface area contributed by atoms with Crippen LogP contribution in [-0.4, -0.2) is 17.6 Å². The molecule has 4 heteroatoms. The lowest BCUT2D eigenvalue weighted by atomic mass is 9.96. The summed E-state index contributed by atoms with van der Waals surface area (Å²) in [5.41, 5.74) is 1.44. The van der Waals surface area contributed by atoms with Crippen molar-refractivity contribution in [3.63, 3.8) is 0 Å². The van der Waals surface area contributed by atoms with E-state index in [1.165, 1.54) is 0 Å².